The van der Waals surface area contributed by atoms with Crippen LogP contribution < -0.4 is 5.43 Å². The minimum absolute atomic E-state index is 0.0228. The first-order chi connectivity index (χ1) is 18.8. The number of halogens is 1. The molecule has 2 heterocycles. The topological polar surface area (TPSA) is 113 Å². The van der Waals surface area contributed by atoms with Crippen molar-refractivity contribution >= 4 is 51.3 Å². The molecule has 0 amide bonds. The molecule has 0 fully saturated rings. The van der Waals surface area contributed by atoms with Crippen molar-refractivity contribution in [2.45, 2.75) is 6.92 Å². The lowest BCUT2D eigenvalue weighted by molar-refractivity contribution is 0.0697. The van der Waals surface area contributed by atoms with Crippen molar-refractivity contribution in [3.63, 3.8) is 0 Å². The standard InChI is InChI=1S/C31H19ClN2O5/c1-16-9-10-17-5-4-8-24(29(17)34-16)33-15-22-25(35)12-11-20-28(18-6-2-3-7-19(18)31(37)38)21-13-23(32)26(36)14-27(21)39-30(20)22/h2-15,35H,1H3,(H,37,38). The van der Waals surface area contributed by atoms with E-state index in [2.05, 4.69) is 9.98 Å². The minimum atomic E-state index is -1.11. The van der Waals surface area contributed by atoms with Gasteiger partial charge >= 0.3 is 5.97 Å². The summed E-state index contributed by atoms with van der Waals surface area (Å²) in [6, 6.07) is 21.9. The van der Waals surface area contributed by atoms with Crippen LogP contribution in [0.1, 0.15) is 21.6 Å². The molecular formula is C31H19ClN2O5. The van der Waals surface area contributed by atoms with Crippen LogP contribution in [0.2, 0.25) is 5.02 Å². The number of aromatic hydroxyl groups is 1. The Morgan fingerprint density at radius 3 is 2.64 bits per heavy atom. The van der Waals surface area contributed by atoms with Crippen molar-refractivity contribution in [3.05, 3.63) is 111 Å². The summed E-state index contributed by atoms with van der Waals surface area (Å²) in [7, 11) is 0. The van der Waals surface area contributed by atoms with E-state index in [1.165, 1.54) is 30.5 Å². The predicted molar refractivity (Wildman–Crippen MR) is 152 cm³/mol. The van der Waals surface area contributed by atoms with Gasteiger partial charge in [0.05, 0.1) is 27.4 Å². The van der Waals surface area contributed by atoms with Crippen LogP contribution in [0.3, 0.4) is 0 Å². The van der Waals surface area contributed by atoms with Gasteiger partial charge in [0.15, 0.2) is 0 Å². The number of carboxylic acid groups (broad SMARTS) is 1. The van der Waals surface area contributed by atoms with Gasteiger partial charge < -0.3 is 14.6 Å². The quantitative estimate of drug-likeness (QED) is 0.182. The molecule has 0 saturated carbocycles. The highest BCUT2D eigenvalue weighted by Crippen LogP contribution is 2.44. The van der Waals surface area contributed by atoms with E-state index in [4.69, 9.17) is 16.0 Å². The lowest BCUT2D eigenvalue weighted by Gasteiger charge is -2.18. The van der Waals surface area contributed by atoms with Crippen LogP contribution in [-0.4, -0.2) is 27.4 Å². The van der Waals surface area contributed by atoms with Crippen molar-refractivity contribution in [1.29, 1.82) is 0 Å². The number of aromatic nitrogens is 1. The van der Waals surface area contributed by atoms with Crippen molar-refractivity contribution < 1.29 is 19.4 Å². The Hall–Kier alpha value is -5.01. The number of hydrogen-bond acceptors (Lipinski definition) is 6. The highest BCUT2D eigenvalue weighted by Gasteiger charge is 2.24. The summed E-state index contributed by atoms with van der Waals surface area (Å²) in [4.78, 5) is 33.8. The number of fused-ring (bicyclic) bond motifs is 3. The molecule has 4 aromatic rings. The summed E-state index contributed by atoms with van der Waals surface area (Å²) < 4.78 is 6.18. The number of phenols is 1. The number of aliphatic imine (C=N–C) groups is 1. The van der Waals surface area contributed by atoms with E-state index in [9.17, 15) is 19.8 Å². The Labute approximate surface area is 226 Å². The zero-order valence-corrected chi connectivity index (χ0v) is 21.2. The van der Waals surface area contributed by atoms with Crippen LogP contribution in [0, 0.1) is 6.92 Å². The normalized spacial score (nSPS) is 11.6. The zero-order valence-electron chi connectivity index (χ0n) is 20.5. The third-order valence-electron chi connectivity index (χ3n) is 6.56. The van der Waals surface area contributed by atoms with E-state index in [0.717, 1.165) is 11.1 Å². The zero-order chi connectivity index (χ0) is 27.3. The average molecular weight is 535 g/mol. The second-order valence-corrected chi connectivity index (χ2v) is 9.45. The predicted octanol–water partition coefficient (Wildman–Crippen LogP) is 7.23. The molecule has 2 N–H and O–H groups in total. The average Bonchev–Trinajstić information content (AvgIpc) is 2.92. The maximum atomic E-state index is 12.4. The summed E-state index contributed by atoms with van der Waals surface area (Å²) in [5.74, 6) is -1.03. The first-order valence-electron chi connectivity index (χ1n) is 12.0. The molecule has 3 aromatic carbocycles. The number of pyridine rings is 1. The molecule has 0 bridgehead atoms. The van der Waals surface area contributed by atoms with Gasteiger partial charge in [-0.2, -0.15) is 0 Å². The van der Waals surface area contributed by atoms with Gasteiger partial charge in [-0.1, -0.05) is 48.0 Å². The summed E-state index contributed by atoms with van der Waals surface area (Å²) in [5, 5.41) is 22.2. The number of aromatic carboxylic acids is 1. The fourth-order valence-corrected chi connectivity index (χ4v) is 4.90. The molecule has 0 spiro atoms. The number of para-hydroxylation sites is 1. The Balaban J connectivity index is 1.68. The minimum Gasteiger partial charge on any atom is -0.507 e. The molecule has 39 heavy (non-hydrogen) atoms. The number of nitrogens with zero attached hydrogens (tertiary/aromatic N) is 2. The van der Waals surface area contributed by atoms with Gasteiger partial charge in [0.1, 0.15) is 17.1 Å². The fraction of sp³-hybridized carbons (Fsp3) is 0.0323. The lowest BCUT2D eigenvalue weighted by Crippen LogP contribution is -2.05. The van der Waals surface area contributed by atoms with Gasteiger partial charge in [-0.3, -0.25) is 14.8 Å². The first-order valence-corrected chi connectivity index (χ1v) is 12.3. The van der Waals surface area contributed by atoms with Crippen LogP contribution in [0.15, 0.2) is 93.1 Å². The fourth-order valence-electron chi connectivity index (χ4n) is 4.74. The van der Waals surface area contributed by atoms with Gasteiger partial charge in [-0.05, 0) is 48.9 Å². The van der Waals surface area contributed by atoms with E-state index >= 15 is 0 Å². The molecule has 190 valence electrons. The van der Waals surface area contributed by atoms with Crippen LogP contribution in [0.5, 0.6) is 5.75 Å². The molecule has 7 nitrogen and oxygen atoms in total. The van der Waals surface area contributed by atoms with Gasteiger partial charge in [0.25, 0.3) is 0 Å². The second kappa shape index (κ2) is 9.38. The van der Waals surface area contributed by atoms with E-state index in [0.29, 0.717) is 33.3 Å². The molecule has 1 aliphatic heterocycles. The molecule has 2 aliphatic rings. The lowest BCUT2D eigenvalue weighted by atomic mass is 9.90. The van der Waals surface area contributed by atoms with E-state index < -0.39 is 11.4 Å². The number of carboxylic acids is 1. The number of aryl methyl sites for hydroxylation is 1. The molecule has 1 aliphatic carbocycles. The molecule has 8 heteroatoms. The Bertz CT molecular complexity index is 2010. The maximum absolute atomic E-state index is 12.4. The molecule has 0 unspecified atom stereocenters. The van der Waals surface area contributed by atoms with Gasteiger partial charge in [0.2, 0.25) is 5.43 Å². The molecule has 0 saturated heterocycles. The summed E-state index contributed by atoms with van der Waals surface area (Å²) in [6.07, 6.45) is 1.48. The van der Waals surface area contributed by atoms with Crippen molar-refractivity contribution in [2.24, 2.45) is 4.99 Å². The largest absolute Gasteiger partial charge is 0.507 e. The van der Waals surface area contributed by atoms with Gasteiger partial charge in [0, 0.05) is 39.9 Å². The monoisotopic (exact) mass is 534 g/mol. The smallest absolute Gasteiger partial charge is 0.336 e. The van der Waals surface area contributed by atoms with Gasteiger partial charge in [-0.15, -0.1) is 0 Å². The second-order valence-electron chi connectivity index (χ2n) is 9.04. The van der Waals surface area contributed by atoms with E-state index in [1.54, 1.807) is 24.3 Å². The van der Waals surface area contributed by atoms with E-state index in [1.807, 2.05) is 37.3 Å². The Morgan fingerprint density at radius 1 is 1.00 bits per heavy atom. The summed E-state index contributed by atoms with van der Waals surface area (Å²) in [6.45, 7) is 1.90. The van der Waals surface area contributed by atoms with Crippen molar-refractivity contribution in [3.8, 4) is 28.2 Å². The summed E-state index contributed by atoms with van der Waals surface area (Å²) >= 11 is 6.20. The Morgan fingerprint density at radius 2 is 1.82 bits per heavy atom. The summed E-state index contributed by atoms with van der Waals surface area (Å²) in [5.41, 5.74) is 3.62. The number of hydrogen-bond donors (Lipinski definition) is 2. The van der Waals surface area contributed by atoms with Crippen LogP contribution in [0.4, 0.5) is 5.69 Å². The highest BCUT2D eigenvalue weighted by molar-refractivity contribution is 6.31. The molecular weight excluding hydrogens is 516 g/mol. The number of benzene rings is 4. The van der Waals surface area contributed by atoms with Crippen LogP contribution >= 0.6 is 11.6 Å². The number of rotatable bonds is 4. The highest BCUT2D eigenvalue weighted by atomic mass is 35.5. The van der Waals surface area contributed by atoms with Gasteiger partial charge in [-0.25, -0.2) is 4.79 Å². The number of phenolic OH excluding ortho intramolecular Hbond substituents is 1. The Kier molecular flexibility index (Phi) is 5.85. The SMILES string of the molecule is Cc1ccc2cccc(N=Cc3c(O)ccc4c(-c5ccccc5C(=O)O)c5cc(Cl)c(=O)cc-5oc34)c2n1. The molecule has 0 atom stereocenters. The first kappa shape index (κ1) is 24.3. The maximum Gasteiger partial charge on any atom is 0.336 e. The van der Waals surface area contributed by atoms with E-state index in [-0.39, 0.29) is 33.2 Å². The third kappa shape index (κ3) is 4.19. The van der Waals surface area contributed by atoms with Crippen LogP contribution in [0.25, 0.3) is 44.3 Å². The molecule has 1 aromatic heterocycles. The van der Waals surface area contributed by atoms with Crippen LogP contribution in [-0.2, 0) is 0 Å². The molecule has 6 rings (SSSR count). The van der Waals surface area contributed by atoms with Crippen molar-refractivity contribution in [1.82, 2.24) is 4.98 Å². The number of carbonyl (C=O) groups is 1. The van der Waals surface area contributed by atoms with Crippen molar-refractivity contribution in [2.75, 3.05) is 0 Å². The molecule has 0 radical (unpaired) electrons. The third-order valence-corrected chi connectivity index (χ3v) is 6.85.